The summed E-state index contributed by atoms with van der Waals surface area (Å²) in [5.41, 5.74) is 0. The smallest absolute Gasteiger partial charge is 0.137 e. The average Bonchev–Trinajstić information content (AvgIpc) is 2.38. The van der Waals surface area contributed by atoms with Gasteiger partial charge in [0.25, 0.3) is 0 Å². The van der Waals surface area contributed by atoms with Gasteiger partial charge in [-0.05, 0) is 12.1 Å². The van der Waals surface area contributed by atoms with Crippen molar-refractivity contribution in [2.45, 2.75) is 0 Å². The van der Waals surface area contributed by atoms with Crippen molar-refractivity contribution in [3.63, 3.8) is 0 Å². The van der Waals surface area contributed by atoms with Crippen molar-refractivity contribution in [3.05, 3.63) is 36.8 Å². The second kappa shape index (κ2) is 5.42. The van der Waals surface area contributed by atoms with E-state index >= 15 is 0 Å². The van der Waals surface area contributed by atoms with Gasteiger partial charge in [0, 0.05) is 12.3 Å². The van der Waals surface area contributed by atoms with Gasteiger partial charge in [0.05, 0.1) is 6.07 Å². The van der Waals surface area contributed by atoms with Crippen LogP contribution in [0.5, 0.6) is 0 Å². The molecule has 2 N–H and O–H groups in total. The van der Waals surface area contributed by atoms with Gasteiger partial charge in [-0.3, -0.25) is 0 Å². The van der Waals surface area contributed by atoms with Crippen LogP contribution in [0.15, 0.2) is 36.8 Å². The van der Waals surface area contributed by atoms with Crippen LogP contribution in [0.3, 0.4) is 0 Å². The molecule has 0 saturated carbocycles. The van der Waals surface area contributed by atoms with Crippen molar-refractivity contribution in [2.75, 3.05) is 17.2 Å². The predicted octanol–water partition coefficient (Wildman–Crippen LogP) is 1.55. The normalized spacial score (nSPS) is 9.35. The Kier molecular flexibility index (Phi) is 3.45. The molecule has 0 aromatic carbocycles. The summed E-state index contributed by atoms with van der Waals surface area (Å²) in [6, 6.07) is 9.25. The molecule has 0 unspecified atom stereocenters. The maximum absolute atomic E-state index is 8.45. The zero-order valence-corrected chi connectivity index (χ0v) is 8.96. The molecule has 0 aliphatic rings. The Labute approximate surface area is 98.4 Å². The fourth-order valence-corrected chi connectivity index (χ4v) is 1.22. The first-order chi connectivity index (χ1) is 8.38. The predicted molar refractivity (Wildman–Crippen MR) is 63.7 cm³/mol. The third-order valence-corrected chi connectivity index (χ3v) is 1.94. The number of hydrogen-bond donors (Lipinski definition) is 2. The summed E-state index contributed by atoms with van der Waals surface area (Å²) in [4.78, 5) is 12.2. The van der Waals surface area contributed by atoms with E-state index in [0.717, 1.165) is 0 Å². The first-order valence-corrected chi connectivity index (χ1v) is 4.99. The standard InChI is InChI=1S/C11H10N6/c12-4-6-14-10-7-11(16-8-15-10)17-9-3-1-2-5-13-9/h1-3,5,7-8H,6H2,(H2,13,14,15,16,17). The van der Waals surface area contributed by atoms with E-state index in [4.69, 9.17) is 5.26 Å². The SMILES string of the molecule is N#CCNc1cc(Nc2ccccn2)ncn1. The summed E-state index contributed by atoms with van der Waals surface area (Å²) in [6.45, 7) is 0.208. The molecule has 0 radical (unpaired) electrons. The van der Waals surface area contributed by atoms with Crippen LogP contribution in [0, 0.1) is 11.3 Å². The molecular weight excluding hydrogens is 216 g/mol. The number of rotatable bonds is 4. The minimum absolute atomic E-state index is 0.208. The van der Waals surface area contributed by atoms with Gasteiger partial charge < -0.3 is 10.6 Å². The molecule has 84 valence electrons. The van der Waals surface area contributed by atoms with Gasteiger partial charge in [-0.25, -0.2) is 15.0 Å². The van der Waals surface area contributed by atoms with E-state index in [2.05, 4.69) is 25.6 Å². The van der Waals surface area contributed by atoms with Gasteiger partial charge in [-0.1, -0.05) is 6.07 Å². The molecule has 0 atom stereocenters. The Morgan fingerprint density at radius 1 is 1.12 bits per heavy atom. The average molecular weight is 226 g/mol. The topological polar surface area (TPSA) is 86.5 Å². The lowest BCUT2D eigenvalue weighted by atomic mass is 10.4. The molecule has 0 aliphatic heterocycles. The van der Waals surface area contributed by atoms with Crippen LogP contribution in [0.1, 0.15) is 0 Å². The number of aromatic nitrogens is 3. The molecular formula is C11H10N6. The van der Waals surface area contributed by atoms with Crippen LogP contribution in [0.25, 0.3) is 0 Å². The first-order valence-electron chi connectivity index (χ1n) is 4.99. The summed E-state index contributed by atoms with van der Waals surface area (Å²) < 4.78 is 0. The first kappa shape index (κ1) is 10.8. The summed E-state index contributed by atoms with van der Waals surface area (Å²) in [5, 5.41) is 14.3. The highest BCUT2D eigenvalue weighted by atomic mass is 15.1. The molecule has 2 aromatic heterocycles. The molecule has 6 heteroatoms. The lowest BCUT2D eigenvalue weighted by Gasteiger charge is -2.05. The van der Waals surface area contributed by atoms with Crippen molar-refractivity contribution >= 4 is 17.5 Å². The van der Waals surface area contributed by atoms with Crippen LogP contribution in [0.2, 0.25) is 0 Å². The van der Waals surface area contributed by atoms with Crippen LogP contribution in [-0.2, 0) is 0 Å². The summed E-state index contributed by atoms with van der Waals surface area (Å²) in [7, 11) is 0. The van der Waals surface area contributed by atoms with E-state index in [1.165, 1.54) is 6.33 Å². The number of nitriles is 1. The van der Waals surface area contributed by atoms with E-state index in [9.17, 15) is 0 Å². The molecule has 0 spiro atoms. The number of pyridine rings is 1. The molecule has 0 amide bonds. The van der Waals surface area contributed by atoms with Crippen molar-refractivity contribution < 1.29 is 0 Å². The molecule has 0 aliphatic carbocycles. The van der Waals surface area contributed by atoms with Crippen molar-refractivity contribution in [1.29, 1.82) is 5.26 Å². The molecule has 0 bridgehead atoms. The van der Waals surface area contributed by atoms with Gasteiger partial charge in [-0.2, -0.15) is 5.26 Å². The molecule has 0 fully saturated rings. The second-order valence-corrected chi connectivity index (χ2v) is 3.14. The second-order valence-electron chi connectivity index (χ2n) is 3.14. The summed E-state index contributed by atoms with van der Waals surface area (Å²) in [6.07, 6.45) is 3.11. The minimum Gasteiger partial charge on any atom is -0.357 e. The molecule has 17 heavy (non-hydrogen) atoms. The summed E-state index contributed by atoms with van der Waals surface area (Å²) >= 11 is 0. The van der Waals surface area contributed by atoms with Crippen LogP contribution < -0.4 is 10.6 Å². The van der Waals surface area contributed by atoms with Crippen LogP contribution in [-0.4, -0.2) is 21.5 Å². The quantitative estimate of drug-likeness (QED) is 0.769. The highest BCUT2D eigenvalue weighted by Gasteiger charge is 1.99. The van der Waals surface area contributed by atoms with Gasteiger partial charge in [0.1, 0.15) is 30.3 Å². The lowest BCUT2D eigenvalue weighted by molar-refractivity contribution is 1.13. The Hall–Kier alpha value is -2.68. The third-order valence-electron chi connectivity index (χ3n) is 1.94. The minimum atomic E-state index is 0.208. The molecule has 2 heterocycles. The Balaban J connectivity index is 2.09. The maximum atomic E-state index is 8.45. The van der Waals surface area contributed by atoms with Gasteiger partial charge in [0.2, 0.25) is 0 Å². The van der Waals surface area contributed by atoms with E-state index in [0.29, 0.717) is 17.5 Å². The van der Waals surface area contributed by atoms with E-state index in [1.54, 1.807) is 12.3 Å². The van der Waals surface area contributed by atoms with Crippen molar-refractivity contribution in [2.24, 2.45) is 0 Å². The van der Waals surface area contributed by atoms with Crippen LogP contribution >= 0.6 is 0 Å². The van der Waals surface area contributed by atoms with Gasteiger partial charge in [-0.15, -0.1) is 0 Å². The maximum Gasteiger partial charge on any atom is 0.137 e. The number of nitrogens with one attached hydrogen (secondary N) is 2. The molecule has 6 nitrogen and oxygen atoms in total. The van der Waals surface area contributed by atoms with E-state index in [1.807, 2.05) is 24.3 Å². The number of nitrogens with zero attached hydrogens (tertiary/aromatic N) is 4. The monoisotopic (exact) mass is 226 g/mol. The Morgan fingerprint density at radius 2 is 2.00 bits per heavy atom. The van der Waals surface area contributed by atoms with Crippen molar-refractivity contribution in [1.82, 2.24) is 15.0 Å². The summed E-state index contributed by atoms with van der Waals surface area (Å²) in [5.74, 6) is 1.93. The Bertz CT molecular complexity index is 519. The van der Waals surface area contributed by atoms with Gasteiger partial charge in [0.15, 0.2) is 0 Å². The molecule has 2 aromatic rings. The number of hydrogen-bond acceptors (Lipinski definition) is 6. The fraction of sp³-hybridized carbons (Fsp3) is 0.0909. The van der Waals surface area contributed by atoms with E-state index in [-0.39, 0.29) is 6.54 Å². The highest BCUT2D eigenvalue weighted by Crippen LogP contribution is 2.13. The largest absolute Gasteiger partial charge is 0.357 e. The van der Waals surface area contributed by atoms with Gasteiger partial charge >= 0.3 is 0 Å². The zero-order valence-electron chi connectivity index (χ0n) is 8.96. The lowest BCUT2D eigenvalue weighted by Crippen LogP contribution is -2.03. The third kappa shape index (κ3) is 3.14. The van der Waals surface area contributed by atoms with Crippen molar-refractivity contribution in [3.8, 4) is 6.07 Å². The Morgan fingerprint density at radius 3 is 2.76 bits per heavy atom. The zero-order chi connectivity index (χ0) is 11.9. The van der Waals surface area contributed by atoms with E-state index < -0.39 is 0 Å². The van der Waals surface area contributed by atoms with Crippen LogP contribution in [0.4, 0.5) is 17.5 Å². The molecule has 0 saturated heterocycles. The number of anilines is 3. The fourth-order valence-electron chi connectivity index (χ4n) is 1.22. The highest BCUT2D eigenvalue weighted by molar-refractivity contribution is 5.55. The molecule has 2 rings (SSSR count).